The predicted molar refractivity (Wildman–Crippen MR) is 96.5 cm³/mol. The number of nitrogens with one attached hydrogen (secondary N) is 1. The standard InChI is InChI=1S/C19H13F3N4O2/c20-19(21,22)15-10-9-14-17(24-15)26(12-5-4-6-12)18(23-14)25-16(27)11-28-13-7-2-1-3-8-13/h1-10H,11H2,(H,23,25,27). The summed E-state index contributed by atoms with van der Waals surface area (Å²) in [4.78, 5) is 20.1. The van der Waals surface area contributed by atoms with E-state index in [1.807, 2.05) is 6.07 Å². The van der Waals surface area contributed by atoms with Crippen molar-refractivity contribution in [1.82, 2.24) is 14.5 Å². The van der Waals surface area contributed by atoms with Crippen molar-refractivity contribution in [2.24, 2.45) is 0 Å². The molecule has 1 aromatic carbocycles. The normalized spacial score (nSPS) is 13.2. The number of carbonyl (C=O) groups is 1. The number of aromatic nitrogens is 3. The summed E-state index contributed by atoms with van der Waals surface area (Å²) in [6.07, 6.45) is 0.497. The molecular weight excluding hydrogens is 373 g/mol. The molecule has 0 atom stereocenters. The SMILES string of the molecule is O=C(COc1ccccc1)Nc1nc2ccc(C(F)(F)F)nc2n1C1=CC=C1. The maximum Gasteiger partial charge on any atom is 0.433 e. The Morgan fingerprint density at radius 1 is 1.11 bits per heavy atom. The van der Waals surface area contributed by atoms with E-state index in [9.17, 15) is 18.0 Å². The van der Waals surface area contributed by atoms with Crippen LogP contribution < -0.4 is 10.1 Å². The molecule has 1 aliphatic carbocycles. The fourth-order valence-electron chi connectivity index (χ4n) is 2.60. The van der Waals surface area contributed by atoms with Crippen LogP contribution in [0.4, 0.5) is 19.1 Å². The van der Waals surface area contributed by atoms with Gasteiger partial charge < -0.3 is 4.74 Å². The van der Waals surface area contributed by atoms with E-state index >= 15 is 0 Å². The van der Waals surface area contributed by atoms with Crippen molar-refractivity contribution in [2.45, 2.75) is 6.18 Å². The molecule has 1 N–H and O–H groups in total. The molecule has 9 heteroatoms. The molecule has 0 saturated heterocycles. The number of allylic oxidation sites excluding steroid dienone is 4. The first kappa shape index (κ1) is 17.8. The Morgan fingerprint density at radius 2 is 1.86 bits per heavy atom. The highest BCUT2D eigenvalue weighted by molar-refractivity contribution is 5.94. The maximum absolute atomic E-state index is 13.0. The summed E-state index contributed by atoms with van der Waals surface area (Å²) in [7, 11) is 0. The zero-order valence-electron chi connectivity index (χ0n) is 14.3. The Morgan fingerprint density at radius 3 is 2.50 bits per heavy atom. The zero-order valence-corrected chi connectivity index (χ0v) is 14.3. The third kappa shape index (κ3) is 3.46. The number of anilines is 1. The van der Waals surface area contributed by atoms with Crippen molar-refractivity contribution in [1.29, 1.82) is 0 Å². The number of pyridine rings is 1. The van der Waals surface area contributed by atoms with Gasteiger partial charge in [-0.15, -0.1) is 0 Å². The Balaban J connectivity index is 1.62. The number of imidazole rings is 1. The number of carbonyl (C=O) groups excluding carboxylic acids is 1. The second kappa shape index (κ2) is 6.84. The molecule has 28 heavy (non-hydrogen) atoms. The first-order valence-electron chi connectivity index (χ1n) is 8.25. The number of alkyl halides is 3. The number of rotatable bonds is 5. The lowest BCUT2D eigenvalue weighted by Gasteiger charge is -2.14. The third-order valence-electron chi connectivity index (χ3n) is 3.95. The number of nitrogens with zero attached hydrogens (tertiary/aromatic N) is 3. The van der Waals surface area contributed by atoms with Gasteiger partial charge in [0.15, 0.2) is 12.3 Å². The van der Waals surface area contributed by atoms with Gasteiger partial charge in [0.25, 0.3) is 5.91 Å². The molecule has 0 saturated carbocycles. The fourth-order valence-corrected chi connectivity index (χ4v) is 2.60. The van der Waals surface area contributed by atoms with Gasteiger partial charge in [0.2, 0.25) is 5.95 Å². The van der Waals surface area contributed by atoms with Crippen LogP contribution in [-0.2, 0) is 11.0 Å². The van der Waals surface area contributed by atoms with E-state index in [0.29, 0.717) is 11.4 Å². The highest BCUT2D eigenvalue weighted by atomic mass is 19.4. The van der Waals surface area contributed by atoms with Crippen LogP contribution in [0.1, 0.15) is 5.69 Å². The largest absolute Gasteiger partial charge is 0.484 e. The molecule has 0 unspecified atom stereocenters. The summed E-state index contributed by atoms with van der Waals surface area (Å²) >= 11 is 0. The molecule has 142 valence electrons. The minimum Gasteiger partial charge on any atom is -0.484 e. The molecule has 0 radical (unpaired) electrons. The van der Waals surface area contributed by atoms with Gasteiger partial charge in [-0.1, -0.05) is 24.3 Å². The molecule has 1 aliphatic rings. The zero-order chi connectivity index (χ0) is 19.7. The van der Waals surface area contributed by atoms with Crippen molar-refractivity contribution >= 4 is 28.7 Å². The van der Waals surface area contributed by atoms with Crippen LogP contribution in [0.25, 0.3) is 16.9 Å². The van der Waals surface area contributed by atoms with Gasteiger partial charge in [0.05, 0.1) is 5.70 Å². The number of amides is 1. The average Bonchev–Trinajstić information content (AvgIpc) is 2.96. The monoisotopic (exact) mass is 386 g/mol. The van der Waals surface area contributed by atoms with Crippen molar-refractivity contribution < 1.29 is 22.7 Å². The van der Waals surface area contributed by atoms with Crippen LogP contribution >= 0.6 is 0 Å². The molecule has 3 aromatic rings. The van der Waals surface area contributed by atoms with Gasteiger partial charge in [-0.2, -0.15) is 13.2 Å². The molecule has 4 rings (SSSR count). The summed E-state index contributed by atoms with van der Waals surface area (Å²) < 4.78 is 45.8. The Kier molecular flexibility index (Phi) is 4.34. The highest BCUT2D eigenvalue weighted by Crippen LogP contribution is 2.32. The van der Waals surface area contributed by atoms with Gasteiger partial charge in [-0.25, -0.2) is 9.97 Å². The van der Waals surface area contributed by atoms with Crippen molar-refractivity contribution in [2.75, 3.05) is 11.9 Å². The van der Waals surface area contributed by atoms with Gasteiger partial charge in [-0.3, -0.25) is 14.7 Å². The minimum atomic E-state index is -4.58. The lowest BCUT2D eigenvalue weighted by Crippen LogP contribution is -2.22. The number of fused-ring (bicyclic) bond motifs is 1. The van der Waals surface area contributed by atoms with E-state index < -0.39 is 17.8 Å². The molecule has 0 bridgehead atoms. The average molecular weight is 386 g/mol. The van der Waals surface area contributed by atoms with Crippen LogP contribution in [0.5, 0.6) is 5.75 Å². The summed E-state index contributed by atoms with van der Waals surface area (Å²) in [5, 5.41) is 2.57. The topological polar surface area (TPSA) is 69.0 Å². The van der Waals surface area contributed by atoms with Crippen LogP contribution in [0.2, 0.25) is 0 Å². The van der Waals surface area contributed by atoms with E-state index in [-0.39, 0.29) is 23.7 Å². The summed E-state index contributed by atoms with van der Waals surface area (Å²) in [5.74, 6) is 0.0896. The van der Waals surface area contributed by atoms with Gasteiger partial charge in [0, 0.05) is 0 Å². The second-order valence-corrected chi connectivity index (χ2v) is 5.91. The van der Waals surface area contributed by atoms with Gasteiger partial charge in [0.1, 0.15) is 17.0 Å². The fraction of sp³-hybridized carbons (Fsp3) is 0.105. The molecule has 2 aromatic heterocycles. The van der Waals surface area contributed by atoms with E-state index in [4.69, 9.17) is 4.74 Å². The van der Waals surface area contributed by atoms with Crippen LogP contribution in [0.15, 0.2) is 60.7 Å². The number of hydrogen-bond acceptors (Lipinski definition) is 4. The van der Waals surface area contributed by atoms with E-state index in [1.165, 1.54) is 10.6 Å². The minimum absolute atomic E-state index is 0.00435. The van der Waals surface area contributed by atoms with Crippen molar-refractivity contribution in [3.05, 3.63) is 66.4 Å². The predicted octanol–water partition coefficient (Wildman–Crippen LogP) is 3.88. The quantitative estimate of drug-likeness (QED) is 0.723. The van der Waals surface area contributed by atoms with Crippen molar-refractivity contribution in [3.63, 3.8) is 0 Å². The van der Waals surface area contributed by atoms with Gasteiger partial charge in [-0.05, 0) is 36.4 Å². The number of ether oxygens (including phenoxy) is 1. The first-order valence-corrected chi connectivity index (χ1v) is 8.25. The third-order valence-corrected chi connectivity index (χ3v) is 3.95. The molecular formula is C19H13F3N4O2. The summed E-state index contributed by atoms with van der Waals surface area (Å²) in [6, 6.07) is 10.8. The van der Waals surface area contributed by atoms with Crippen LogP contribution in [0, 0.1) is 0 Å². The number of halogens is 3. The van der Waals surface area contributed by atoms with Crippen molar-refractivity contribution in [3.8, 4) is 5.75 Å². The molecule has 0 aliphatic heterocycles. The molecule has 2 heterocycles. The van der Waals surface area contributed by atoms with Crippen LogP contribution in [0.3, 0.4) is 0 Å². The first-order chi connectivity index (χ1) is 13.4. The highest BCUT2D eigenvalue weighted by Gasteiger charge is 2.33. The van der Waals surface area contributed by atoms with E-state index in [0.717, 1.165) is 6.07 Å². The number of hydrogen-bond donors (Lipinski definition) is 1. The Hall–Kier alpha value is -3.62. The summed E-state index contributed by atoms with van der Waals surface area (Å²) in [5.41, 5.74) is -0.234. The van der Waals surface area contributed by atoms with E-state index in [1.54, 1.807) is 42.5 Å². The smallest absolute Gasteiger partial charge is 0.433 e. The Bertz CT molecular complexity index is 1100. The number of para-hydroxylation sites is 1. The maximum atomic E-state index is 13.0. The number of benzene rings is 1. The summed E-state index contributed by atoms with van der Waals surface area (Å²) in [6.45, 7) is -0.274. The molecule has 0 spiro atoms. The van der Waals surface area contributed by atoms with E-state index in [2.05, 4.69) is 15.3 Å². The lowest BCUT2D eigenvalue weighted by molar-refractivity contribution is -0.141. The van der Waals surface area contributed by atoms with Gasteiger partial charge >= 0.3 is 6.18 Å². The molecule has 1 amide bonds. The molecule has 0 fully saturated rings. The molecule has 6 nitrogen and oxygen atoms in total. The Labute approximate surface area is 157 Å². The van der Waals surface area contributed by atoms with Crippen LogP contribution in [-0.4, -0.2) is 27.0 Å². The lowest BCUT2D eigenvalue weighted by atomic mass is 10.2. The second-order valence-electron chi connectivity index (χ2n) is 5.91.